The van der Waals surface area contributed by atoms with Crippen molar-refractivity contribution in [1.29, 1.82) is 0 Å². The van der Waals surface area contributed by atoms with E-state index < -0.39 is 17.9 Å². The third-order valence-corrected chi connectivity index (χ3v) is 0. The molecule has 13 heteroatoms. The quantitative estimate of drug-likeness (QED) is 0.398. The van der Waals surface area contributed by atoms with Crippen molar-refractivity contribution in [2.75, 3.05) is 0 Å². The Balaban J connectivity index is -0.0000000120. The summed E-state index contributed by atoms with van der Waals surface area (Å²) in [6.07, 6.45) is 0. The molecule has 0 saturated heterocycles. The van der Waals surface area contributed by atoms with Gasteiger partial charge in [-0.25, -0.2) is 0 Å². The van der Waals surface area contributed by atoms with Crippen LogP contribution in [0.5, 0.6) is 0 Å². The molecule has 0 N–H and O–H groups in total. The van der Waals surface area contributed by atoms with E-state index in [-0.39, 0.29) is 113 Å². The Bertz CT molecular complexity index is 75.7. The Morgan fingerprint density at radius 2 is 0.385 bits per heavy atom. The second-order valence-electron chi connectivity index (χ2n) is 1.02. The van der Waals surface area contributed by atoms with Crippen LogP contribution >= 0.6 is 0 Å². The first-order valence-electron chi connectivity index (χ1n) is 1.00. The molecule has 0 fully saturated rings. The van der Waals surface area contributed by atoms with Crippen LogP contribution in [0.15, 0.2) is 0 Å². The van der Waals surface area contributed by atoms with Gasteiger partial charge in [-0.1, -0.05) is 0 Å². The summed E-state index contributed by atoms with van der Waals surface area (Å²) in [5.74, 6) is 0. The Labute approximate surface area is 149 Å². The molecule has 0 aliphatic carbocycles. The first-order chi connectivity index (χ1) is 2.45. The molecule has 0 amide bonds. The molecule has 13 heavy (non-hydrogen) atoms. The maximum absolute atomic E-state index is 9.68. The van der Waals surface area contributed by atoms with Gasteiger partial charge in [0.05, 0.1) is 0 Å². The Morgan fingerprint density at radius 3 is 0.385 bits per heavy atom. The van der Waals surface area contributed by atoms with Gasteiger partial charge in [0.1, 0.15) is 0 Å². The van der Waals surface area contributed by atoms with Crippen LogP contribution in [0.25, 0.3) is 0 Å². The van der Waals surface area contributed by atoms with Crippen molar-refractivity contribution in [3.05, 3.63) is 0 Å². The van der Waals surface area contributed by atoms with Gasteiger partial charge >= 0.3 is 152 Å². The summed E-state index contributed by atoms with van der Waals surface area (Å²) >= 11 is -9.68. The predicted molar refractivity (Wildman–Crippen MR) is 5.75 cm³/mol. The summed E-state index contributed by atoms with van der Waals surface area (Å²) in [5.41, 5.74) is 0. The van der Waals surface area contributed by atoms with Crippen molar-refractivity contribution in [2.45, 2.75) is 0 Å². The molecule has 0 aromatic rings. The molecule has 0 aromatic carbocycles. The van der Waals surface area contributed by atoms with Gasteiger partial charge in [-0.3, -0.25) is 0 Å². The van der Waals surface area contributed by atoms with E-state index in [1.54, 1.807) is 0 Å². The zero-order chi connectivity index (χ0) is 6.41. The molecule has 0 atom stereocenters. The fourth-order valence-corrected chi connectivity index (χ4v) is 0. The SMILES string of the molecule is [Li+].[Li+].[Li+].[Li+].[Li+].[Li+].[O-][Te]([O-])([O-])([O-])([O-])[O-]. The molecule has 0 spiro atoms. The minimum absolute atomic E-state index is 0. The fraction of sp³-hybridized carbons (Fsp3) is 0. The first-order valence-corrected chi connectivity index (χ1v) is 6.71. The molecule has 0 radical (unpaired) electrons. The molecule has 0 bridgehead atoms. The summed E-state index contributed by atoms with van der Waals surface area (Å²) < 4.78 is 52.0. The average molecular weight is 265 g/mol. The summed E-state index contributed by atoms with van der Waals surface area (Å²) in [6.45, 7) is 0. The van der Waals surface area contributed by atoms with Crippen LogP contribution in [0.3, 0.4) is 0 Å². The van der Waals surface area contributed by atoms with Gasteiger partial charge in [0.2, 0.25) is 0 Å². The van der Waals surface area contributed by atoms with Crippen LogP contribution in [0.2, 0.25) is 0 Å². The molecular formula is Li6O6Te. The summed E-state index contributed by atoms with van der Waals surface area (Å²) in [6, 6.07) is 0. The van der Waals surface area contributed by atoms with Crippen LogP contribution in [0, 0.1) is 0 Å². The van der Waals surface area contributed by atoms with Crippen LogP contribution in [-0.2, 0) is 0 Å². The predicted octanol–water partition coefficient (Wildman–Crippen LogP) is -25.5. The van der Waals surface area contributed by atoms with E-state index in [1.807, 2.05) is 0 Å². The standard InChI is InChI=1S/6Li.H6O6Te/c;;;;;;1-7(2,3,4,5)6/h;;;;;;1-6H/q6*+1;/p-6. The normalized spacial score (nSPS) is 12.5. The molecule has 0 heterocycles. The molecular weight excluding hydrogens is 265 g/mol. The van der Waals surface area contributed by atoms with Gasteiger partial charge in [0.15, 0.2) is 0 Å². The van der Waals surface area contributed by atoms with Crippen LogP contribution < -0.4 is 134 Å². The van der Waals surface area contributed by atoms with Crippen LogP contribution in [-0.4, -0.2) is 17.9 Å². The zero-order valence-corrected chi connectivity index (χ0v) is 11.2. The topological polar surface area (TPSA) is 138 Å². The molecule has 0 aliphatic heterocycles. The van der Waals surface area contributed by atoms with E-state index in [9.17, 15) is 0 Å². The maximum atomic E-state index is 8.67. The van der Waals surface area contributed by atoms with Crippen molar-refractivity contribution in [3.63, 3.8) is 0 Å². The van der Waals surface area contributed by atoms with E-state index in [2.05, 4.69) is 0 Å². The summed E-state index contributed by atoms with van der Waals surface area (Å²) in [7, 11) is 0. The number of hydrogen-bond donors (Lipinski definition) is 0. The van der Waals surface area contributed by atoms with Gasteiger partial charge in [-0.05, 0) is 0 Å². The Kier molecular flexibility index (Phi) is 33.7. The third-order valence-electron chi connectivity index (χ3n) is 0. The first kappa shape index (κ1) is 43.4. The van der Waals surface area contributed by atoms with Crippen molar-refractivity contribution < 1.29 is 134 Å². The molecule has 0 saturated carbocycles. The summed E-state index contributed by atoms with van der Waals surface area (Å²) in [4.78, 5) is 0. The van der Waals surface area contributed by atoms with Gasteiger partial charge in [-0.2, -0.15) is 0 Å². The van der Waals surface area contributed by atoms with Crippen LogP contribution in [0.4, 0.5) is 0 Å². The molecule has 0 rings (SSSR count). The van der Waals surface area contributed by atoms with Gasteiger partial charge < -0.3 is 0 Å². The number of rotatable bonds is 0. The van der Waals surface area contributed by atoms with E-state index >= 15 is 0 Å². The van der Waals surface area contributed by atoms with E-state index in [0.717, 1.165) is 0 Å². The zero-order valence-electron chi connectivity index (χ0n) is 8.86. The fourth-order valence-electron chi connectivity index (χ4n) is 0. The summed E-state index contributed by atoms with van der Waals surface area (Å²) in [5, 5.41) is 0. The Morgan fingerprint density at radius 1 is 0.385 bits per heavy atom. The van der Waals surface area contributed by atoms with Crippen molar-refractivity contribution in [1.82, 2.24) is 0 Å². The van der Waals surface area contributed by atoms with Gasteiger partial charge in [0.25, 0.3) is 0 Å². The monoisotopic (exact) mass is 268 g/mol. The van der Waals surface area contributed by atoms with E-state index in [0.29, 0.717) is 0 Å². The third kappa shape index (κ3) is 189. The van der Waals surface area contributed by atoms with E-state index in [1.165, 1.54) is 0 Å². The second kappa shape index (κ2) is 10.1. The van der Waals surface area contributed by atoms with Crippen molar-refractivity contribution in [3.8, 4) is 0 Å². The molecule has 6 nitrogen and oxygen atoms in total. The van der Waals surface area contributed by atoms with Crippen LogP contribution in [0.1, 0.15) is 0 Å². The number of hydrogen-bond acceptors (Lipinski definition) is 6. The average Bonchev–Trinajstić information content (AvgIpc) is 0.592. The van der Waals surface area contributed by atoms with Gasteiger partial charge in [0, 0.05) is 0 Å². The molecule has 0 aliphatic rings. The van der Waals surface area contributed by atoms with Crippen molar-refractivity contribution >= 4 is 17.9 Å². The molecule has 0 unspecified atom stereocenters. The van der Waals surface area contributed by atoms with Gasteiger partial charge in [-0.15, -0.1) is 0 Å². The second-order valence-corrected chi connectivity index (χ2v) is 6.85. The van der Waals surface area contributed by atoms with Crippen molar-refractivity contribution in [2.24, 2.45) is 0 Å². The molecule has 48 valence electrons. The molecule has 0 aromatic heterocycles. The van der Waals surface area contributed by atoms with E-state index in [4.69, 9.17) is 20.8 Å². The Hall–Kier alpha value is 4.13. The minimum atomic E-state index is -9.68.